The maximum Gasteiger partial charge on any atom is 0.257 e. The van der Waals surface area contributed by atoms with Gasteiger partial charge in [-0.05, 0) is 25.8 Å². The molecule has 128 valence electrons. The van der Waals surface area contributed by atoms with Gasteiger partial charge in [0.05, 0.1) is 11.8 Å². The molecule has 0 unspecified atom stereocenters. The SMILES string of the molecule is CCN(C(=O)c1cnn(C)c1)[C@@H]1CCN([C@@H](C)c2ccccc2)C1. The van der Waals surface area contributed by atoms with Crippen molar-refractivity contribution in [3.8, 4) is 0 Å². The number of hydrogen-bond donors (Lipinski definition) is 0. The molecule has 0 aliphatic carbocycles. The summed E-state index contributed by atoms with van der Waals surface area (Å²) in [5.41, 5.74) is 2.01. The average molecular weight is 326 g/mol. The van der Waals surface area contributed by atoms with E-state index in [4.69, 9.17) is 0 Å². The van der Waals surface area contributed by atoms with Crippen LogP contribution in [0, 0.1) is 0 Å². The number of nitrogens with zero attached hydrogens (tertiary/aromatic N) is 4. The van der Waals surface area contributed by atoms with Crippen molar-refractivity contribution >= 4 is 5.91 Å². The number of likely N-dealkylation sites (N-methyl/N-ethyl adjacent to an activating group) is 1. The highest BCUT2D eigenvalue weighted by molar-refractivity contribution is 5.94. The molecule has 1 aliphatic heterocycles. The zero-order chi connectivity index (χ0) is 17.1. The Morgan fingerprint density at radius 3 is 2.75 bits per heavy atom. The fourth-order valence-corrected chi connectivity index (χ4v) is 3.58. The lowest BCUT2D eigenvalue weighted by Crippen LogP contribution is -2.42. The summed E-state index contributed by atoms with van der Waals surface area (Å²) in [7, 11) is 1.84. The van der Waals surface area contributed by atoms with Gasteiger partial charge in [0, 0.05) is 45.0 Å². The largest absolute Gasteiger partial charge is 0.335 e. The second kappa shape index (κ2) is 7.18. The fourth-order valence-electron chi connectivity index (χ4n) is 3.58. The number of benzene rings is 1. The minimum atomic E-state index is 0.0878. The molecule has 24 heavy (non-hydrogen) atoms. The van der Waals surface area contributed by atoms with Gasteiger partial charge in [-0.1, -0.05) is 30.3 Å². The summed E-state index contributed by atoms with van der Waals surface area (Å²) < 4.78 is 1.68. The van der Waals surface area contributed by atoms with Crippen LogP contribution >= 0.6 is 0 Å². The van der Waals surface area contributed by atoms with Crippen LogP contribution in [0.1, 0.15) is 42.2 Å². The first-order valence-electron chi connectivity index (χ1n) is 8.68. The first kappa shape index (κ1) is 16.7. The van der Waals surface area contributed by atoms with Crippen LogP contribution in [-0.2, 0) is 7.05 Å². The van der Waals surface area contributed by atoms with Gasteiger partial charge < -0.3 is 4.90 Å². The van der Waals surface area contributed by atoms with Crippen molar-refractivity contribution in [2.75, 3.05) is 19.6 Å². The van der Waals surface area contributed by atoms with E-state index < -0.39 is 0 Å². The quantitative estimate of drug-likeness (QED) is 0.848. The molecule has 0 spiro atoms. The van der Waals surface area contributed by atoms with E-state index in [0.717, 1.165) is 26.1 Å². The van der Waals surface area contributed by atoms with Crippen molar-refractivity contribution in [3.05, 3.63) is 53.9 Å². The summed E-state index contributed by atoms with van der Waals surface area (Å²) in [6.07, 6.45) is 4.48. The molecule has 2 heterocycles. The Morgan fingerprint density at radius 2 is 2.12 bits per heavy atom. The summed E-state index contributed by atoms with van der Waals surface area (Å²) in [6.45, 7) is 6.98. The van der Waals surface area contributed by atoms with Crippen molar-refractivity contribution in [2.45, 2.75) is 32.4 Å². The lowest BCUT2D eigenvalue weighted by molar-refractivity contribution is 0.0689. The van der Waals surface area contributed by atoms with Gasteiger partial charge in [0.2, 0.25) is 0 Å². The smallest absolute Gasteiger partial charge is 0.257 e. The van der Waals surface area contributed by atoms with Crippen molar-refractivity contribution < 1.29 is 4.79 Å². The number of amides is 1. The van der Waals surface area contributed by atoms with Gasteiger partial charge >= 0.3 is 0 Å². The number of hydrogen-bond acceptors (Lipinski definition) is 3. The van der Waals surface area contributed by atoms with E-state index in [1.807, 2.05) is 18.0 Å². The van der Waals surface area contributed by atoms with Gasteiger partial charge in [-0.15, -0.1) is 0 Å². The molecule has 2 atom stereocenters. The molecule has 5 nitrogen and oxygen atoms in total. The normalized spacial score (nSPS) is 19.4. The Kier molecular flexibility index (Phi) is 5.00. The van der Waals surface area contributed by atoms with Crippen LogP contribution in [0.2, 0.25) is 0 Å². The van der Waals surface area contributed by atoms with E-state index in [9.17, 15) is 4.79 Å². The fraction of sp³-hybridized carbons (Fsp3) is 0.474. The summed E-state index contributed by atoms with van der Waals surface area (Å²) in [5, 5.41) is 4.12. The maximum absolute atomic E-state index is 12.8. The predicted molar refractivity (Wildman–Crippen MR) is 94.8 cm³/mol. The molecular formula is C19H26N4O. The van der Waals surface area contributed by atoms with E-state index >= 15 is 0 Å². The molecular weight excluding hydrogens is 300 g/mol. The van der Waals surface area contributed by atoms with E-state index in [0.29, 0.717) is 11.6 Å². The molecule has 0 N–H and O–H groups in total. The van der Waals surface area contributed by atoms with Crippen molar-refractivity contribution in [2.24, 2.45) is 7.05 Å². The molecule has 2 aromatic rings. The lowest BCUT2D eigenvalue weighted by Gasteiger charge is -2.29. The molecule has 1 aromatic carbocycles. The number of carbonyl (C=O) groups is 1. The molecule has 0 radical (unpaired) electrons. The molecule has 1 aromatic heterocycles. The van der Waals surface area contributed by atoms with Gasteiger partial charge in [-0.2, -0.15) is 5.10 Å². The van der Waals surface area contributed by atoms with Gasteiger partial charge in [0.15, 0.2) is 0 Å². The number of rotatable bonds is 5. The van der Waals surface area contributed by atoms with Crippen LogP contribution < -0.4 is 0 Å². The van der Waals surface area contributed by atoms with Crippen molar-refractivity contribution in [1.82, 2.24) is 19.6 Å². The number of aryl methyl sites for hydroxylation is 1. The highest BCUT2D eigenvalue weighted by atomic mass is 16.2. The highest BCUT2D eigenvalue weighted by Crippen LogP contribution is 2.27. The Morgan fingerprint density at radius 1 is 1.38 bits per heavy atom. The first-order chi connectivity index (χ1) is 11.6. The standard InChI is InChI=1S/C19H26N4O/c1-4-23(19(24)17-12-20-21(3)13-17)18-10-11-22(14-18)15(2)16-8-6-5-7-9-16/h5-9,12-13,15,18H,4,10-11,14H2,1-3H3/t15-,18+/m0/s1. The third-order valence-corrected chi connectivity index (χ3v) is 5.02. The monoisotopic (exact) mass is 326 g/mol. The van der Waals surface area contributed by atoms with Gasteiger partial charge in [-0.25, -0.2) is 0 Å². The van der Waals surface area contributed by atoms with Crippen LogP contribution in [0.5, 0.6) is 0 Å². The van der Waals surface area contributed by atoms with E-state index in [1.54, 1.807) is 17.1 Å². The molecule has 1 aliphatic rings. The van der Waals surface area contributed by atoms with E-state index in [-0.39, 0.29) is 11.9 Å². The Labute approximate surface area is 143 Å². The average Bonchev–Trinajstić information content (AvgIpc) is 3.25. The van der Waals surface area contributed by atoms with Gasteiger partial charge in [0.1, 0.15) is 0 Å². The third-order valence-electron chi connectivity index (χ3n) is 5.02. The van der Waals surface area contributed by atoms with E-state index in [1.165, 1.54) is 5.56 Å². The topological polar surface area (TPSA) is 41.4 Å². The van der Waals surface area contributed by atoms with Crippen molar-refractivity contribution in [3.63, 3.8) is 0 Å². The third kappa shape index (κ3) is 3.36. The van der Waals surface area contributed by atoms with E-state index in [2.05, 4.69) is 48.1 Å². The second-order valence-electron chi connectivity index (χ2n) is 6.52. The van der Waals surface area contributed by atoms with Crippen LogP contribution in [0.3, 0.4) is 0 Å². The molecule has 3 rings (SSSR count). The zero-order valence-electron chi connectivity index (χ0n) is 14.7. The maximum atomic E-state index is 12.8. The Bertz CT molecular complexity index is 682. The molecule has 0 saturated carbocycles. The minimum Gasteiger partial charge on any atom is -0.335 e. The van der Waals surface area contributed by atoms with Crippen molar-refractivity contribution in [1.29, 1.82) is 0 Å². The molecule has 0 bridgehead atoms. The molecule has 1 amide bonds. The minimum absolute atomic E-state index is 0.0878. The van der Waals surface area contributed by atoms with Crippen LogP contribution in [0.4, 0.5) is 0 Å². The predicted octanol–water partition coefficient (Wildman–Crippen LogP) is 2.72. The van der Waals surface area contributed by atoms with Crippen LogP contribution in [-0.4, -0.2) is 51.2 Å². The molecule has 5 heteroatoms. The summed E-state index contributed by atoms with van der Waals surface area (Å²) in [6, 6.07) is 11.2. The number of aromatic nitrogens is 2. The van der Waals surface area contributed by atoms with Crippen LogP contribution in [0.15, 0.2) is 42.7 Å². The Balaban J connectivity index is 1.68. The highest BCUT2D eigenvalue weighted by Gasteiger charge is 2.32. The van der Waals surface area contributed by atoms with Gasteiger partial charge in [0.25, 0.3) is 5.91 Å². The zero-order valence-corrected chi connectivity index (χ0v) is 14.7. The number of likely N-dealkylation sites (tertiary alicyclic amines) is 1. The van der Waals surface area contributed by atoms with Gasteiger partial charge in [-0.3, -0.25) is 14.4 Å². The van der Waals surface area contributed by atoms with Crippen LogP contribution in [0.25, 0.3) is 0 Å². The number of carbonyl (C=O) groups excluding carboxylic acids is 1. The molecule has 1 fully saturated rings. The first-order valence-corrected chi connectivity index (χ1v) is 8.68. The summed E-state index contributed by atoms with van der Waals surface area (Å²) >= 11 is 0. The summed E-state index contributed by atoms with van der Waals surface area (Å²) in [4.78, 5) is 17.2. The summed E-state index contributed by atoms with van der Waals surface area (Å²) in [5.74, 6) is 0.0878. The Hall–Kier alpha value is -2.14. The lowest BCUT2D eigenvalue weighted by atomic mass is 10.1. The second-order valence-corrected chi connectivity index (χ2v) is 6.52. The molecule has 1 saturated heterocycles.